The summed E-state index contributed by atoms with van der Waals surface area (Å²) in [6, 6.07) is 36.2. The summed E-state index contributed by atoms with van der Waals surface area (Å²) in [6.45, 7) is 0. The number of benzene rings is 4. The number of fused-ring (bicyclic) bond motifs is 2. The summed E-state index contributed by atoms with van der Waals surface area (Å²) in [5, 5.41) is 11.1. The second kappa shape index (κ2) is 8.43. The van der Waals surface area contributed by atoms with Crippen molar-refractivity contribution in [3.63, 3.8) is 0 Å². The summed E-state index contributed by atoms with van der Waals surface area (Å²) in [7, 11) is 4.35. The Kier molecular flexibility index (Phi) is 5.12. The molecule has 5 heteroatoms. The third-order valence-electron chi connectivity index (χ3n) is 6.48. The second-order valence-corrected chi connectivity index (χ2v) is 9.55. The summed E-state index contributed by atoms with van der Waals surface area (Å²) in [6.07, 6.45) is 0. The van der Waals surface area contributed by atoms with Crippen LogP contribution in [0.3, 0.4) is 0 Å². The Hall–Kier alpha value is -3.96. The predicted octanol–water partition coefficient (Wildman–Crippen LogP) is 6.81. The number of anilines is 4. The molecular weight excluding hydrogens is 433 g/mol. The molecule has 0 bridgehead atoms. The Balaban J connectivity index is 1.50. The fourth-order valence-electron chi connectivity index (χ4n) is 4.72. The van der Waals surface area contributed by atoms with Crippen LogP contribution in [0.25, 0.3) is 32.1 Å². The van der Waals surface area contributed by atoms with Crippen LogP contribution in [-0.2, 0) is 7.05 Å². The van der Waals surface area contributed by atoms with Gasteiger partial charge in [-0.1, -0.05) is 72.8 Å². The molecule has 0 aliphatic heterocycles. The zero-order valence-corrected chi connectivity index (χ0v) is 20.0. The van der Waals surface area contributed by atoms with Gasteiger partial charge >= 0.3 is 0 Å². The van der Waals surface area contributed by atoms with Crippen LogP contribution in [-0.4, -0.2) is 12.4 Å². The van der Waals surface area contributed by atoms with Crippen molar-refractivity contribution in [1.29, 1.82) is 0 Å². The van der Waals surface area contributed by atoms with Gasteiger partial charge in [-0.25, -0.2) is 0 Å². The molecule has 3 nitrogen and oxygen atoms in total. The molecule has 0 saturated heterocycles. The highest BCUT2D eigenvalue weighted by Gasteiger charge is 2.18. The van der Waals surface area contributed by atoms with Gasteiger partial charge in [0.05, 0.1) is 5.69 Å². The first kappa shape index (κ1) is 20.6. The van der Waals surface area contributed by atoms with E-state index in [1.807, 2.05) is 6.07 Å². The first-order chi connectivity index (χ1) is 16.7. The fraction of sp³-hybridized carbons (Fsp3) is 0.0345. The number of nitrogens with zero attached hydrogens (tertiary/aromatic N) is 1. The number of para-hydroxylation sites is 3. The van der Waals surface area contributed by atoms with E-state index in [1.54, 1.807) is 11.3 Å². The van der Waals surface area contributed by atoms with Crippen LogP contribution in [0.2, 0.25) is 0 Å². The molecule has 0 spiro atoms. The van der Waals surface area contributed by atoms with Crippen molar-refractivity contribution in [1.82, 2.24) is 4.57 Å². The van der Waals surface area contributed by atoms with Crippen molar-refractivity contribution in [2.75, 3.05) is 10.6 Å². The summed E-state index contributed by atoms with van der Waals surface area (Å²) in [5.74, 6) is 0. The molecular formula is C29H24BN3S. The van der Waals surface area contributed by atoms with Crippen molar-refractivity contribution in [2.45, 2.75) is 0 Å². The lowest BCUT2D eigenvalue weighted by Gasteiger charge is -2.14. The minimum atomic E-state index is 1.08. The Bertz CT molecular complexity index is 1630. The van der Waals surface area contributed by atoms with Gasteiger partial charge in [0, 0.05) is 50.5 Å². The van der Waals surface area contributed by atoms with Crippen LogP contribution < -0.4 is 16.2 Å². The lowest BCUT2D eigenvalue weighted by molar-refractivity contribution is 1.00. The second-order valence-electron chi connectivity index (χ2n) is 8.50. The maximum atomic E-state index is 3.80. The topological polar surface area (TPSA) is 29.0 Å². The van der Waals surface area contributed by atoms with Crippen molar-refractivity contribution in [3.05, 3.63) is 103 Å². The van der Waals surface area contributed by atoms with Crippen LogP contribution in [0.5, 0.6) is 0 Å². The molecule has 164 valence electrons. The summed E-state index contributed by atoms with van der Waals surface area (Å²) in [5.41, 5.74) is 8.28. The zero-order chi connectivity index (χ0) is 23.1. The molecule has 0 saturated carbocycles. The highest BCUT2D eigenvalue weighted by molar-refractivity contribution is 7.23. The SMILES string of the molecule is Bc1c(-c2ccccc2Nc2sc3ccccc3c2Nc2ccccc2)c2ccccc2n1C. The van der Waals surface area contributed by atoms with E-state index >= 15 is 0 Å². The standard InChI is InChI=1S/C29H24BN3S/c1-33-24-17-9-6-14-21(24)26(28(33)30)20-13-5-8-16-23(20)32-29-27(31-19-11-3-2-4-12-19)22-15-7-10-18-25(22)34-29/h2-18,31-32H,30H2,1H3. The Morgan fingerprint density at radius 3 is 2.24 bits per heavy atom. The maximum Gasteiger partial charge on any atom is 0.161 e. The van der Waals surface area contributed by atoms with Gasteiger partial charge in [0.25, 0.3) is 0 Å². The average Bonchev–Trinajstić information content (AvgIpc) is 3.34. The van der Waals surface area contributed by atoms with E-state index in [-0.39, 0.29) is 0 Å². The van der Waals surface area contributed by atoms with Gasteiger partial charge in [0.1, 0.15) is 5.00 Å². The smallest absolute Gasteiger partial charge is 0.161 e. The number of thiophene rings is 1. The fourth-order valence-corrected chi connectivity index (χ4v) is 5.79. The van der Waals surface area contributed by atoms with Crippen LogP contribution in [0.4, 0.5) is 22.1 Å². The number of aryl methyl sites for hydroxylation is 1. The van der Waals surface area contributed by atoms with Crippen molar-refractivity contribution in [3.8, 4) is 11.1 Å². The third kappa shape index (κ3) is 3.46. The molecule has 0 atom stereocenters. The van der Waals surface area contributed by atoms with Gasteiger partial charge in [-0.3, -0.25) is 0 Å². The van der Waals surface area contributed by atoms with Crippen molar-refractivity contribution >= 4 is 67.8 Å². The monoisotopic (exact) mass is 457 g/mol. The minimum absolute atomic E-state index is 1.08. The molecule has 6 aromatic rings. The van der Waals surface area contributed by atoms with E-state index in [0.717, 1.165) is 22.1 Å². The van der Waals surface area contributed by atoms with E-state index in [9.17, 15) is 0 Å². The van der Waals surface area contributed by atoms with E-state index in [0.29, 0.717) is 0 Å². The Morgan fingerprint density at radius 1 is 0.706 bits per heavy atom. The first-order valence-electron chi connectivity index (χ1n) is 11.4. The molecule has 0 aliphatic carbocycles. The van der Waals surface area contributed by atoms with Crippen LogP contribution in [0, 0.1) is 0 Å². The van der Waals surface area contributed by atoms with Gasteiger partial charge in [0.15, 0.2) is 7.85 Å². The van der Waals surface area contributed by atoms with E-state index in [2.05, 4.69) is 127 Å². The normalized spacial score (nSPS) is 11.2. The van der Waals surface area contributed by atoms with Crippen LogP contribution in [0.15, 0.2) is 103 Å². The highest BCUT2D eigenvalue weighted by Crippen LogP contribution is 2.44. The average molecular weight is 457 g/mol. The molecule has 0 amide bonds. The number of hydrogen-bond acceptors (Lipinski definition) is 3. The molecule has 0 unspecified atom stereocenters. The van der Waals surface area contributed by atoms with Gasteiger partial charge in [-0.15, -0.1) is 11.3 Å². The number of hydrogen-bond donors (Lipinski definition) is 2. The molecule has 34 heavy (non-hydrogen) atoms. The molecule has 2 N–H and O–H groups in total. The van der Waals surface area contributed by atoms with Gasteiger partial charge < -0.3 is 15.2 Å². The Labute approximate surface area is 204 Å². The summed E-state index contributed by atoms with van der Waals surface area (Å²) >= 11 is 1.78. The molecule has 0 fully saturated rings. The van der Waals surface area contributed by atoms with Crippen LogP contribution >= 0.6 is 11.3 Å². The minimum Gasteiger partial charge on any atom is -0.356 e. The quantitative estimate of drug-likeness (QED) is 0.279. The molecule has 6 rings (SSSR count). The van der Waals surface area contributed by atoms with Gasteiger partial charge in [-0.2, -0.15) is 0 Å². The molecule has 2 heterocycles. The zero-order valence-electron chi connectivity index (χ0n) is 19.2. The molecule has 0 radical (unpaired) electrons. The maximum absolute atomic E-state index is 3.80. The highest BCUT2D eigenvalue weighted by atomic mass is 32.1. The third-order valence-corrected chi connectivity index (χ3v) is 7.57. The number of rotatable bonds is 5. The number of aromatic nitrogens is 1. The number of nitrogens with one attached hydrogen (secondary N) is 2. The van der Waals surface area contributed by atoms with Crippen molar-refractivity contribution < 1.29 is 0 Å². The van der Waals surface area contributed by atoms with Crippen LogP contribution in [0.1, 0.15) is 0 Å². The van der Waals surface area contributed by atoms with E-state index < -0.39 is 0 Å². The lowest BCUT2D eigenvalue weighted by atomic mass is 9.91. The molecule has 2 aromatic heterocycles. The van der Waals surface area contributed by atoms with E-state index in [4.69, 9.17) is 0 Å². The summed E-state index contributed by atoms with van der Waals surface area (Å²) in [4.78, 5) is 0. The molecule has 4 aromatic carbocycles. The van der Waals surface area contributed by atoms with E-state index in [1.165, 1.54) is 37.7 Å². The largest absolute Gasteiger partial charge is 0.356 e. The van der Waals surface area contributed by atoms with Gasteiger partial charge in [0.2, 0.25) is 0 Å². The first-order valence-corrected chi connectivity index (χ1v) is 12.3. The Morgan fingerprint density at radius 2 is 1.38 bits per heavy atom. The molecule has 0 aliphatic rings. The lowest BCUT2D eigenvalue weighted by Crippen LogP contribution is -2.15. The predicted molar refractivity (Wildman–Crippen MR) is 151 cm³/mol. The van der Waals surface area contributed by atoms with Crippen molar-refractivity contribution in [2.24, 2.45) is 7.05 Å². The van der Waals surface area contributed by atoms with Gasteiger partial charge in [-0.05, 0) is 35.9 Å². The summed E-state index contributed by atoms with van der Waals surface area (Å²) < 4.78 is 3.53.